The van der Waals surface area contributed by atoms with Gasteiger partial charge in [-0.3, -0.25) is 4.79 Å². The molecular weight excluding hydrogens is 424 g/mol. The number of aliphatic hydroxyl groups is 1. The maximum absolute atomic E-state index is 13.0. The molecule has 0 aromatic heterocycles. The fourth-order valence-corrected chi connectivity index (χ4v) is 4.88. The van der Waals surface area contributed by atoms with Crippen LogP contribution in [0.4, 0.5) is 0 Å². The van der Waals surface area contributed by atoms with E-state index in [1.54, 1.807) is 24.3 Å². The maximum atomic E-state index is 13.0. The van der Waals surface area contributed by atoms with Crippen molar-refractivity contribution in [3.8, 4) is 28.7 Å². The number of ketones is 1. The van der Waals surface area contributed by atoms with Crippen LogP contribution < -0.4 is 9.47 Å². The van der Waals surface area contributed by atoms with Crippen molar-refractivity contribution < 1.29 is 34.7 Å². The minimum atomic E-state index is -0.777. The van der Waals surface area contributed by atoms with E-state index in [1.165, 1.54) is 20.3 Å². The molecule has 4 N–H and O–H groups in total. The number of rotatable bonds is 10. The summed E-state index contributed by atoms with van der Waals surface area (Å²) in [6.45, 7) is 0. The van der Waals surface area contributed by atoms with Gasteiger partial charge in [-0.05, 0) is 61.1 Å². The van der Waals surface area contributed by atoms with E-state index < -0.39 is 11.5 Å². The number of hydrogen-bond donors (Lipinski definition) is 4. The van der Waals surface area contributed by atoms with E-state index in [4.69, 9.17) is 9.47 Å². The van der Waals surface area contributed by atoms with Crippen molar-refractivity contribution >= 4 is 5.78 Å². The molecule has 1 saturated carbocycles. The third-order valence-electron chi connectivity index (χ3n) is 6.71. The quantitative estimate of drug-likeness (QED) is 0.391. The Labute approximate surface area is 194 Å². The summed E-state index contributed by atoms with van der Waals surface area (Å²) < 4.78 is 10.3. The fraction of sp³-hybridized carbons (Fsp3) is 0.500. The Morgan fingerprint density at radius 2 is 1.67 bits per heavy atom. The van der Waals surface area contributed by atoms with E-state index in [0.717, 1.165) is 43.2 Å². The zero-order chi connectivity index (χ0) is 24.0. The molecule has 33 heavy (non-hydrogen) atoms. The van der Waals surface area contributed by atoms with E-state index in [-0.39, 0.29) is 41.6 Å². The molecule has 2 aromatic rings. The molecule has 0 saturated heterocycles. The first kappa shape index (κ1) is 24.7. The van der Waals surface area contributed by atoms with Crippen LogP contribution in [0.15, 0.2) is 30.3 Å². The third kappa shape index (κ3) is 5.90. The van der Waals surface area contributed by atoms with Gasteiger partial charge in [-0.25, -0.2) is 0 Å². The first-order valence-electron chi connectivity index (χ1n) is 11.4. The summed E-state index contributed by atoms with van der Waals surface area (Å²) >= 11 is 0. The molecule has 1 unspecified atom stereocenters. The van der Waals surface area contributed by atoms with E-state index in [0.29, 0.717) is 18.6 Å². The maximum Gasteiger partial charge on any atom is 0.200 e. The second-order valence-corrected chi connectivity index (χ2v) is 9.01. The lowest BCUT2D eigenvalue weighted by Gasteiger charge is -2.38. The van der Waals surface area contributed by atoms with E-state index in [2.05, 4.69) is 0 Å². The summed E-state index contributed by atoms with van der Waals surface area (Å²) in [5, 5.41) is 40.4. The number of phenols is 3. The highest BCUT2D eigenvalue weighted by molar-refractivity contribution is 5.80. The number of methoxy groups -OCH3 is 2. The van der Waals surface area contributed by atoms with Crippen molar-refractivity contribution in [3.05, 3.63) is 41.5 Å². The predicted octanol–water partition coefficient (Wildman–Crippen LogP) is 4.37. The van der Waals surface area contributed by atoms with Gasteiger partial charge in [0.15, 0.2) is 23.0 Å². The first-order chi connectivity index (χ1) is 15.8. The number of carbonyl (C=O) groups excluding carboxylic acids is 1. The molecule has 1 aliphatic carbocycles. The highest BCUT2D eigenvalue weighted by Crippen LogP contribution is 2.47. The van der Waals surface area contributed by atoms with E-state index >= 15 is 0 Å². The second kappa shape index (κ2) is 10.8. The SMILES string of the molecule is COc1cc(CCC(O)CC(=O)CC2(c3cc(O)c(O)c(OC)c3)CCCCC2)ccc1O. The van der Waals surface area contributed by atoms with Crippen molar-refractivity contribution in [1.29, 1.82) is 0 Å². The van der Waals surface area contributed by atoms with Gasteiger partial charge in [-0.15, -0.1) is 0 Å². The van der Waals surface area contributed by atoms with Gasteiger partial charge in [0.05, 0.1) is 20.3 Å². The zero-order valence-electron chi connectivity index (χ0n) is 19.3. The average molecular weight is 459 g/mol. The Morgan fingerprint density at radius 1 is 0.970 bits per heavy atom. The van der Waals surface area contributed by atoms with Crippen molar-refractivity contribution in [2.24, 2.45) is 0 Å². The molecule has 0 aliphatic heterocycles. The number of Topliss-reactive ketones (excluding diaryl/α,β-unsaturated/α-hetero) is 1. The summed E-state index contributed by atoms with van der Waals surface area (Å²) in [4.78, 5) is 13.0. The van der Waals surface area contributed by atoms with Crippen LogP contribution in [0.2, 0.25) is 0 Å². The van der Waals surface area contributed by atoms with Gasteiger partial charge in [0.1, 0.15) is 5.78 Å². The second-order valence-electron chi connectivity index (χ2n) is 9.01. The minimum absolute atomic E-state index is 0.0285. The molecule has 0 bridgehead atoms. The number of ether oxygens (including phenoxy) is 2. The van der Waals surface area contributed by atoms with Crippen LogP contribution in [0.3, 0.4) is 0 Å². The lowest BCUT2D eigenvalue weighted by molar-refractivity contribution is -0.122. The first-order valence-corrected chi connectivity index (χ1v) is 11.4. The van der Waals surface area contributed by atoms with Gasteiger partial charge in [-0.1, -0.05) is 25.3 Å². The van der Waals surface area contributed by atoms with Crippen LogP contribution >= 0.6 is 0 Å². The highest BCUT2D eigenvalue weighted by atomic mass is 16.5. The Morgan fingerprint density at radius 3 is 2.33 bits per heavy atom. The molecule has 0 radical (unpaired) electrons. The fourth-order valence-electron chi connectivity index (χ4n) is 4.88. The van der Waals surface area contributed by atoms with E-state index in [1.807, 2.05) is 0 Å². The topological polar surface area (TPSA) is 116 Å². The van der Waals surface area contributed by atoms with Crippen molar-refractivity contribution in [1.82, 2.24) is 0 Å². The summed E-state index contributed by atoms with van der Waals surface area (Å²) in [6.07, 6.45) is 5.16. The molecule has 0 spiro atoms. The largest absolute Gasteiger partial charge is 0.504 e. The number of aliphatic hydroxyl groups excluding tert-OH is 1. The van der Waals surface area contributed by atoms with Crippen molar-refractivity contribution in [2.45, 2.75) is 69.3 Å². The normalized spacial score (nSPS) is 16.2. The molecule has 0 amide bonds. The number of carbonyl (C=O) groups is 1. The molecule has 0 heterocycles. The van der Waals surface area contributed by atoms with Crippen molar-refractivity contribution in [3.63, 3.8) is 0 Å². The molecule has 3 rings (SSSR count). The van der Waals surface area contributed by atoms with Crippen LogP contribution in [-0.4, -0.2) is 46.5 Å². The summed E-state index contributed by atoms with van der Waals surface area (Å²) in [7, 11) is 2.91. The van der Waals surface area contributed by atoms with Gasteiger partial charge in [0.2, 0.25) is 5.75 Å². The molecule has 7 nitrogen and oxygen atoms in total. The van der Waals surface area contributed by atoms with Crippen LogP contribution in [0, 0.1) is 0 Å². The monoisotopic (exact) mass is 458 g/mol. The number of benzene rings is 2. The molecule has 1 aliphatic rings. The number of hydrogen-bond acceptors (Lipinski definition) is 7. The van der Waals surface area contributed by atoms with Crippen LogP contribution in [0.5, 0.6) is 28.7 Å². The Balaban J connectivity index is 1.67. The van der Waals surface area contributed by atoms with Gasteiger partial charge in [0, 0.05) is 18.3 Å². The van der Waals surface area contributed by atoms with Crippen LogP contribution in [0.25, 0.3) is 0 Å². The Bertz CT molecular complexity index is 963. The van der Waals surface area contributed by atoms with Crippen molar-refractivity contribution in [2.75, 3.05) is 14.2 Å². The zero-order valence-corrected chi connectivity index (χ0v) is 19.3. The Kier molecular flexibility index (Phi) is 8.08. The summed E-state index contributed by atoms with van der Waals surface area (Å²) in [5.74, 6) is 0.0356. The van der Waals surface area contributed by atoms with Gasteiger partial charge in [-0.2, -0.15) is 0 Å². The summed E-state index contributed by atoms with van der Waals surface area (Å²) in [6, 6.07) is 8.30. The average Bonchev–Trinajstić information content (AvgIpc) is 2.80. The molecule has 1 fully saturated rings. The highest BCUT2D eigenvalue weighted by Gasteiger charge is 2.37. The molecule has 1 atom stereocenters. The van der Waals surface area contributed by atoms with Gasteiger partial charge in [0.25, 0.3) is 0 Å². The van der Waals surface area contributed by atoms with Crippen LogP contribution in [0.1, 0.15) is 62.5 Å². The number of phenolic OH excluding ortho intramolecular Hbond substituents is 3. The van der Waals surface area contributed by atoms with Gasteiger partial charge >= 0.3 is 0 Å². The lowest BCUT2D eigenvalue weighted by atomic mass is 9.66. The number of aromatic hydroxyl groups is 3. The smallest absolute Gasteiger partial charge is 0.200 e. The summed E-state index contributed by atoms with van der Waals surface area (Å²) in [5.41, 5.74) is 1.25. The number of aryl methyl sites for hydroxylation is 1. The molecule has 2 aromatic carbocycles. The van der Waals surface area contributed by atoms with Crippen LogP contribution in [-0.2, 0) is 16.6 Å². The van der Waals surface area contributed by atoms with E-state index in [9.17, 15) is 25.2 Å². The Hall–Kier alpha value is -2.93. The third-order valence-corrected chi connectivity index (χ3v) is 6.71. The lowest BCUT2D eigenvalue weighted by Crippen LogP contribution is -2.33. The standard InChI is InChI=1S/C26H34O7/c1-32-23-12-17(7-9-21(23)29)6-8-19(27)15-20(28)16-26(10-4-3-5-11-26)18-13-22(30)25(31)24(14-18)33-2/h7,9,12-14,19,27,29-31H,3-6,8,10-11,15-16H2,1-2H3. The minimum Gasteiger partial charge on any atom is -0.504 e. The van der Waals surface area contributed by atoms with Gasteiger partial charge < -0.3 is 29.9 Å². The molecule has 180 valence electrons. The molecular formula is C26H34O7. The predicted molar refractivity (Wildman–Crippen MR) is 124 cm³/mol. The molecule has 7 heteroatoms.